The number of piperazine rings is 1. The number of hydrogen-bond acceptors (Lipinski definition) is 5. The largest absolute Gasteiger partial charge is 0.445 e. The number of carbonyl (C=O) groups is 3. The zero-order valence-electron chi connectivity index (χ0n) is 19.4. The Bertz CT molecular complexity index is 760. The van der Waals surface area contributed by atoms with Gasteiger partial charge in [-0.25, -0.2) is 9.59 Å². The summed E-state index contributed by atoms with van der Waals surface area (Å²) in [4.78, 5) is 41.1. The fourth-order valence-electron chi connectivity index (χ4n) is 3.38. The Morgan fingerprint density at radius 1 is 1.13 bits per heavy atom. The van der Waals surface area contributed by atoms with Crippen molar-refractivity contribution < 1.29 is 23.9 Å². The van der Waals surface area contributed by atoms with Crippen LogP contribution in [0.15, 0.2) is 30.3 Å². The van der Waals surface area contributed by atoms with Gasteiger partial charge in [0.25, 0.3) is 0 Å². The minimum Gasteiger partial charge on any atom is -0.445 e. The summed E-state index contributed by atoms with van der Waals surface area (Å²) in [7, 11) is 0. The third-order valence-corrected chi connectivity index (χ3v) is 4.98. The van der Waals surface area contributed by atoms with E-state index in [0.29, 0.717) is 19.6 Å². The van der Waals surface area contributed by atoms with Crippen LogP contribution in [0, 0.1) is 5.92 Å². The number of ether oxygens (including phenoxy) is 2. The zero-order valence-corrected chi connectivity index (χ0v) is 19.4. The van der Waals surface area contributed by atoms with Gasteiger partial charge in [0.2, 0.25) is 5.91 Å². The molecule has 1 aromatic rings. The van der Waals surface area contributed by atoms with Gasteiger partial charge in [0.15, 0.2) is 0 Å². The van der Waals surface area contributed by atoms with E-state index in [1.54, 1.807) is 30.6 Å². The third kappa shape index (κ3) is 7.45. The lowest BCUT2D eigenvalue weighted by Gasteiger charge is -2.40. The van der Waals surface area contributed by atoms with E-state index < -0.39 is 23.8 Å². The van der Waals surface area contributed by atoms with Crippen molar-refractivity contribution in [1.29, 1.82) is 0 Å². The fourth-order valence-corrected chi connectivity index (χ4v) is 3.38. The molecule has 2 atom stereocenters. The molecule has 0 spiro atoms. The van der Waals surface area contributed by atoms with Crippen molar-refractivity contribution in [3.05, 3.63) is 35.9 Å². The molecule has 1 heterocycles. The number of rotatable bonds is 5. The number of nitrogens with one attached hydrogen (secondary N) is 1. The highest BCUT2D eigenvalue weighted by molar-refractivity contribution is 5.86. The molecule has 0 saturated carbocycles. The van der Waals surface area contributed by atoms with Gasteiger partial charge >= 0.3 is 12.2 Å². The SMILES string of the molecule is CC(C)C(NC(=O)OC(C)(C)C)C(=O)N1CCN(C(=O)OCc2ccccc2)C(C)C1. The molecule has 1 N–H and O–H groups in total. The Morgan fingerprint density at radius 3 is 2.32 bits per heavy atom. The second kappa shape index (κ2) is 10.5. The van der Waals surface area contributed by atoms with Gasteiger partial charge in [0, 0.05) is 25.7 Å². The summed E-state index contributed by atoms with van der Waals surface area (Å²) in [6.45, 7) is 12.3. The van der Waals surface area contributed by atoms with Crippen LogP contribution in [0.4, 0.5) is 9.59 Å². The highest BCUT2D eigenvalue weighted by atomic mass is 16.6. The Kier molecular flexibility index (Phi) is 8.30. The van der Waals surface area contributed by atoms with Gasteiger partial charge < -0.3 is 24.6 Å². The highest BCUT2D eigenvalue weighted by Crippen LogP contribution is 2.16. The number of benzene rings is 1. The summed E-state index contributed by atoms with van der Waals surface area (Å²) in [5.41, 5.74) is 0.278. The number of carbonyl (C=O) groups excluding carboxylic acids is 3. The molecule has 8 nitrogen and oxygen atoms in total. The van der Waals surface area contributed by atoms with Crippen LogP contribution in [0.1, 0.15) is 47.1 Å². The molecule has 172 valence electrons. The maximum absolute atomic E-state index is 13.1. The molecule has 1 aromatic carbocycles. The average Bonchev–Trinajstić information content (AvgIpc) is 2.69. The first-order chi connectivity index (χ1) is 14.5. The summed E-state index contributed by atoms with van der Waals surface area (Å²) in [6, 6.07) is 8.60. The van der Waals surface area contributed by atoms with Crippen LogP contribution < -0.4 is 5.32 Å². The van der Waals surface area contributed by atoms with Crippen LogP contribution in [0.3, 0.4) is 0 Å². The molecule has 0 aliphatic carbocycles. The lowest BCUT2D eigenvalue weighted by atomic mass is 10.0. The molecule has 8 heteroatoms. The molecule has 1 saturated heterocycles. The van der Waals surface area contributed by atoms with Crippen LogP contribution in [0.5, 0.6) is 0 Å². The molecule has 1 aliphatic rings. The Labute approximate surface area is 184 Å². The predicted molar refractivity (Wildman–Crippen MR) is 117 cm³/mol. The van der Waals surface area contributed by atoms with Crippen LogP contribution in [-0.4, -0.2) is 65.2 Å². The van der Waals surface area contributed by atoms with E-state index >= 15 is 0 Å². The van der Waals surface area contributed by atoms with Crippen molar-refractivity contribution in [3.8, 4) is 0 Å². The summed E-state index contributed by atoms with van der Waals surface area (Å²) in [6.07, 6.45) is -1.01. The van der Waals surface area contributed by atoms with Crippen LogP contribution >= 0.6 is 0 Å². The number of alkyl carbamates (subject to hydrolysis) is 1. The van der Waals surface area contributed by atoms with Gasteiger partial charge in [-0.05, 0) is 39.2 Å². The van der Waals surface area contributed by atoms with E-state index in [4.69, 9.17) is 9.47 Å². The first-order valence-corrected chi connectivity index (χ1v) is 10.7. The molecule has 2 rings (SSSR count). The Morgan fingerprint density at radius 2 is 1.77 bits per heavy atom. The van der Waals surface area contributed by atoms with Crippen molar-refractivity contribution in [1.82, 2.24) is 15.1 Å². The molecule has 2 unspecified atom stereocenters. The first kappa shape index (κ1) is 24.5. The number of amides is 3. The molecule has 3 amide bonds. The minimum atomic E-state index is -0.696. The van der Waals surface area contributed by atoms with E-state index in [1.165, 1.54) is 0 Å². The molecule has 0 bridgehead atoms. The zero-order chi connectivity index (χ0) is 23.2. The summed E-state index contributed by atoms with van der Waals surface area (Å²) < 4.78 is 10.7. The van der Waals surface area contributed by atoms with Gasteiger partial charge in [-0.3, -0.25) is 4.79 Å². The topological polar surface area (TPSA) is 88.2 Å². The molecule has 31 heavy (non-hydrogen) atoms. The molecule has 1 aliphatic heterocycles. The quantitative estimate of drug-likeness (QED) is 0.769. The maximum Gasteiger partial charge on any atom is 0.410 e. The van der Waals surface area contributed by atoms with E-state index in [2.05, 4.69) is 5.32 Å². The molecule has 0 radical (unpaired) electrons. The number of hydrogen-bond donors (Lipinski definition) is 1. The summed E-state index contributed by atoms with van der Waals surface area (Å²) in [5, 5.41) is 2.70. The van der Waals surface area contributed by atoms with Gasteiger partial charge in [0.1, 0.15) is 18.2 Å². The second-order valence-corrected chi connectivity index (χ2v) is 9.23. The Hall–Kier alpha value is -2.77. The lowest BCUT2D eigenvalue weighted by molar-refractivity contribution is -0.137. The van der Waals surface area contributed by atoms with E-state index in [-0.39, 0.29) is 24.5 Å². The van der Waals surface area contributed by atoms with Gasteiger partial charge in [-0.15, -0.1) is 0 Å². The monoisotopic (exact) mass is 433 g/mol. The van der Waals surface area contributed by atoms with Crippen molar-refractivity contribution in [3.63, 3.8) is 0 Å². The second-order valence-electron chi connectivity index (χ2n) is 9.23. The van der Waals surface area contributed by atoms with E-state index in [0.717, 1.165) is 5.56 Å². The average molecular weight is 434 g/mol. The smallest absolute Gasteiger partial charge is 0.410 e. The normalized spacial score (nSPS) is 17.8. The van der Waals surface area contributed by atoms with Gasteiger partial charge in [0.05, 0.1) is 0 Å². The third-order valence-electron chi connectivity index (χ3n) is 4.98. The standard InChI is InChI=1S/C23H35N3O5/c1-16(2)19(24-21(28)31-23(4,5)6)20(27)25-12-13-26(17(3)14-25)22(29)30-15-18-10-8-7-9-11-18/h7-11,16-17,19H,12-15H2,1-6H3,(H,24,28). The summed E-state index contributed by atoms with van der Waals surface area (Å²) >= 11 is 0. The molecular formula is C23H35N3O5. The predicted octanol–water partition coefficient (Wildman–Crippen LogP) is 3.41. The van der Waals surface area contributed by atoms with Crippen molar-refractivity contribution in [2.75, 3.05) is 19.6 Å². The number of nitrogens with zero attached hydrogens (tertiary/aromatic N) is 2. The highest BCUT2D eigenvalue weighted by Gasteiger charge is 2.35. The maximum atomic E-state index is 13.1. The van der Waals surface area contributed by atoms with Crippen molar-refractivity contribution >= 4 is 18.1 Å². The van der Waals surface area contributed by atoms with Crippen molar-refractivity contribution in [2.24, 2.45) is 5.92 Å². The molecular weight excluding hydrogens is 398 g/mol. The fraction of sp³-hybridized carbons (Fsp3) is 0.609. The first-order valence-electron chi connectivity index (χ1n) is 10.7. The summed E-state index contributed by atoms with van der Waals surface area (Å²) in [5.74, 6) is -0.283. The van der Waals surface area contributed by atoms with Gasteiger partial charge in [-0.2, -0.15) is 0 Å². The minimum absolute atomic E-state index is 0.107. The van der Waals surface area contributed by atoms with E-state index in [9.17, 15) is 14.4 Å². The molecule has 0 aromatic heterocycles. The Balaban J connectivity index is 1.92. The lowest BCUT2D eigenvalue weighted by Crippen LogP contribution is -2.60. The molecule has 1 fully saturated rings. The van der Waals surface area contributed by atoms with E-state index in [1.807, 2.05) is 51.1 Å². The van der Waals surface area contributed by atoms with Crippen LogP contribution in [0.25, 0.3) is 0 Å². The van der Waals surface area contributed by atoms with Crippen molar-refractivity contribution in [2.45, 2.75) is 65.8 Å². The van der Waals surface area contributed by atoms with Gasteiger partial charge in [-0.1, -0.05) is 44.2 Å². The van der Waals surface area contributed by atoms with Crippen LogP contribution in [0.2, 0.25) is 0 Å². The van der Waals surface area contributed by atoms with Crippen LogP contribution in [-0.2, 0) is 20.9 Å².